The van der Waals surface area contributed by atoms with Crippen LogP contribution in [0, 0.1) is 12.7 Å². The van der Waals surface area contributed by atoms with Gasteiger partial charge in [-0.1, -0.05) is 0 Å². The summed E-state index contributed by atoms with van der Waals surface area (Å²) in [6.45, 7) is 5.99. The van der Waals surface area contributed by atoms with E-state index in [9.17, 15) is 31.1 Å². The Morgan fingerprint density at radius 2 is 1.78 bits per heavy atom. The molecule has 0 saturated carbocycles. The highest BCUT2D eigenvalue weighted by atomic mass is 19.4. The lowest BCUT2D eigenvalue weighted by atomic mass is 10.1. The SMILES string of the molecule is CCn1ncc(C(C)NC(=O)c2cc3nc(-c4ccc(F)cc4)cc(C(F)(F)C(F)(F)F)n3n2)c1C. The molecule has 1 amide bonds. The summed E-state index contributed by atoms with van der Waals surface area (Å²) in [5.74, 6) is -6.75. The van der Waals surface area contributed by atoms with Gasteiger partial charge in [-0.15, -0.1) is 0 Å². The lowest BCUT2D eigenvalue weighted by Gasteiger charge is -2.21. The first-order valence-electron chi connectivity index (χ1n) is 10.8. The Hall–Kier alpha value is -3.90. The topological polar surface area (TPSA) is 77.1 Å². The summed E-state index contributed by atoms with van der Waals surface area (Å²) in [6.07, 6.45) is -4.37. The van der Waals surface area contributed by atoms with Gasteiger partial charge in [-0.25, -0.2) is 13.9 Å². The van der Waals surface area contributed by atoms with Crippen molar-refractivity contribution >= 4 is 11.6 Å². The molecule has 7 nitrogen and oxygen atoms in total. The van der Waals surface area contributed by atoms with Gasteiger partial charge in [-0.2, -0.15) is 32.1 Å². The first-order chi connectivity index (χ1) is 16.8. The third-order valence-corrected chi connectivity index (χ3v) is 5.73. The van der Waals surface area contributed by atoms with Gasteiger partial charge in [0.15, 0.2) is 11.3 Å². The van der Waals surface area contributed by atoms with Crippen molar-refractivity contribution in [2.75, 3.05) is 0 Å². The molecule has 0 bridgehead atoms. The number of carbonyl (C=O) groups excluding carboxylic acids is 1. The zero-order chi connectivity index (χ0) is 26.4. The smallest absolute Gasteiger partial charge is 0.344 e. The maximum atomic E-state index is 14.5. The van der Waals surface area contributed by atoms with Crippen LogP contribution in [-0.4, -0.2) is 36.5 Å². The number of alkyl halides is 5. The number of aryl methyl sites for hydroxylation is 1. The molecule has 0 spiro atoms. The molecule has 0 aliphatic rings. The highest BCUT2D eigenvalue weighted by molar-refractivity contribution is 5.93. The normalized spacial score (nSPS) is 13.2. The van der Waals surface area contributed by atoms with E-state index in [4.69, 9.17) is 0 Å². The van der Waals surface area contributed by atoms with E-state index in [1.54, 1.807) is 17.8 Å². The van der Waals surface area contributed by atoms with Crippen molar-refractivity contribution in [1.29, 1.82) is 0 Å². The fourth-order valence-electron chi connectivity index (χ4n) is 3.78. The van der Waals surface area contributed by atoms with Gasteiger partial charge >= 0.3 is 12.1 Å². The summed E-state index contributed by atoms with van der Waals surface area (Å²) < 4.78 is 84.1. The van der Waals surface area contributed by atoms with Crippen LogP contribution < -0.4 is 5.32 Å². The summed E-state index contributed by atoms with van der Waals surface area (Å²) in [4.78, 5) is 16.9. The van der Waals surface area contributed by atoms with Crippen molar-refractivity contribution in [3.05, 3.63) is 71.1 Å². The van der Waals surface area contributed by atoms with E-state index in [0.29, 0.717) is 22.7 Å². The lowest BCUT2D eigenvalue weighted by molar-refractivity contribution is -0.291. The van der Waals surface area contributed by atoms with E-state index in [2.05, 4.69) is 20.5 Å². The van der Waals surface area contributed by atoms with Crippen molar-refractivity contribution in [2.45, 2.75) is 45.5 Å². The number of halogens is 6. The van der Waals surface area contributed by atoms with Crippen LogP contribution in [0.25, 0.3) is 16.9 Å². The molecule has 36 heavy (non-hydrogen) atoms. The molecule has 1 unspecified atom stereocenters. The molecule has 0 fully saturated rings. The van der Waals surface area contributed by atoms with Gasteiger partial charge in [0, 0.05) is 29.4 Å². The highest BCUT2D eigenvalue weighted by Crippen LogP contribution is 2.44. The molecule has 0 aliphatic heterocycles. The predicted octanol–water partition coefficient (Wildman–Crippen LogP) is 5.21. The molecule has 3 aromatic heterocycles. The molecule has 0 radical (unpaired) electrons. The van der Waals surface area contributed by atoms with E-state index in [0.717, 1.165) is 23.9 Å². The fraction of sp³-hybridized carbons (Fsp3) is 0.304. The molecule has 190 valence electrons. The maximum absolute atomic E-state index is 14.5. The third-order valence-electron chi connectivity index (χ3n) is 5.73. The second-order valence-electron chi connectivity index (χ2n) is 8.10. The van der Waals surface area contributed by atoms with E-state index >= 15 is 0 Å². The Morgan fingerprint density at radius 1 is 1.11 bits per heavy atom. The molecule has 0 aliphatic carbocycles. The van der Waals surface area contributed by atoms with Crippen LogP contribution in [-0.2, 0) is 12.5 Å². The fourth-order valence-corrected chi connectivity index (χ4v) is 3.78. The van der Waals surface area contributed by atoms with Gasteiger partial charge in [0.25, 0.3) is 5.91 Å². The van der Waals surface area contributed by atoms with Crippen LogP contribution in [0.2, 0.25) is 0 Å². The van der Waals surface area contributed by atoms with Gasteiger partial charge in [0.05, 0.1) is 17.9 Å². The Balaban J connectivity index is 1.78. The number of fused-ring (bicyclic) bond motifs is 1. The molecule has 1 aromatic carbocycles. The Kier molecular flexibility index (Phi) is 6.27. The van der Waals surface area contributed by atoms with Crippen LogP contribution in [0.5, 0.6) is 0 Å². The van der Waals surface area contributed by atoms with Gasteiger partial charge in [0.1, 0.15) is 11.5 Å². The second-order valence-corrected chi connectivity index (χ2v) is 8.10. The lowest BCUT2D eigenvalue weighted by Crippen LogP contribution is -2.36. The standard InChI is InChI=1S/C23H20F6N6O/c1-4-34-13(3)16(11-30-34)12(2)31-21(36)18-10-20-32-17(14-5-7-15(24)8-6-14)9-19(35(20)33-18)22(25,26)23(27,28)29/h5-12H,4H2,1-3H3,(H,31,36). The first kappa shape index (κ1) is 25.2. The number of nitrogens with one attached hydrogen (secondary N) is 1. The molecular weight excluding hydrogens is 490 g/mol. The highest BCUT2D eigenvalue weighted by Gasteiger charge is 2.60. The Bertz CT molecular complexity index is 1420. The summed E-state index contributed by atoms with van der Waals surface area (Å²) >= 11 is 0. The number of aromatic nitrogens is 5. The van der Waals surface area contributed by atoms with Crippen LogP contribution >= 0.6 is 0 Å². The number of rotatable bonds is 6. The summed E-state index contributed by atoms with van der Waals surface area (Å²) in [7, 11) is 0. The summed E-state index contributed by atoms with van der Waals surface area (Å²) in [5, 5.41) is 10.6. The van der Waals surface area contributed by atoms with Crippen molar-refractivity contribution < 1.29 is 31.1 Å². The number of hydrogen-bond acceptors (Lipinski definition) is 4. The van der Waals surface area contributed by atoms with Crippen LogP contribution in [0.15, 0.2) is 42.6 Å². The van der Waals surface area contributed by atoms with E-state index in [1.807, 2.05) is 13.8 Å². The van der Waals surface area contributed by atoms with Gasteiger partial charge in [-0.3, -0.25) is 9.48 Å². The van der Waals surface area contributed by atoms with Crippen LogP contribution in [0.4, 0.5) is 26.3 Å². The van der Waals surface area contributed by atoms with Crippen molar-refractivity contribution in [3.63, 3.8) is 0 Å². The average Bonchev–Trinajstić information content (AvgIpc) is 3.41. The minimum absolute atomic E-state index is 0.0994. The van der Waals surface area contributed by atoms with Crippen LogP contribution in [0.1, 0.15) is 47.3 Å². The zero-order valence-electron chi connectivity index (χ0n) is 19.2. The molecular formula is C23H20F6N6O. The van der Waals surface area contributed by atoms with Gasteiger partial charge < -0.3 is 5.32 Å². The van der Waals surface area contributed by atoms with E-state index < -0.39 is 46.9 Å². The molecule has 4 aromatic rings. The van der Waals surface area contributed by atoms with E-state index in [1.165, 1.54) is 12.1 Å². The zero-order valence-corrected chi connectivity index (χ0v) is 19.2. The number of benzene rings is 1. The molecule has 1 atom stereocenters. The molecule has 1 N–H and O–H groups in total. The summed E-state index contributed by atoms with van der Waals surface area (Å²) in [6, 6.07) is 5.38. The minimum atomic E-state index is -5.94. The number of hydrogen-bond donors (Lipinski definition) is 1. The van der Waals surface area contributed by atoms with Crippen LogP contribution in [0.3, 0.4) is 0 Å². The monoisotopic (exact) mass is 510 g/mol. The molecule has 13 heteroatoms. The second kappa shape index (κ2) is 8.95. The van der Waals surface area contributed by atoms with Crippen molar-refractivity contribution in [1.82, 2.24) is 29.7 Å². The quantitative estimate of drug-likeness (QED) is 0.362. The number of amides is 1. The molecule has 4 rings (SSSR count). The Morgan fingerprint density at radius 3 is 2.36 bits per heavy atom. The van der Waals surface area contributed by atoms with Crippen molar-refractivity contribution in [2.24, 2.45) is 0 Å². The third kappa shape index (κ3) is 4.40. The number of carbonyl (C=O) groups is 1. The molecule has 0 saturated heterocycles. The average molecular weight is 510 g/mol. The van der Waals surface area contributed by atoms with E-state index in [-0.39, 0.29) is 11.3 Å². The first-order valence-corrected chi connectivity index (χ1v) is 10.8. The number of nitrogens with zero attached hydrogens (tertiary/aromatic N) is 5. The maximum Gasteiger partial charge on any atom is 0.459 e. The summed E-state index contributed by atoms with van der Waals surface area (Å²) in [5.41, 5.74) is -1.03. The Labute approximate surface area is 200 Å². The van der Waals surface area contributed by atoms with Crippen molar-refractivity contribution in [3.8, 4) is 11.3 Å². The van der Waals surface area contributed by atoms with Gasteiger partial charge in [-0.05, 0) is 51.1 Å². The molecule has 3 heterocycles. The minimum Gasteiger partial charge on any atom is -0.344 e. The largest absolute Gasteiger partial charge is 0.459 e. The van der Waals surface area contributed by atoms with Gasteiger partial charge in [0.2, 0.25) is 0 Å². The predicted molar refractivity (Wildman–Crippen MR) is 117 cm³/mol.